The van der Waals surface area contributed by atoms with Gasteiger partial charge in [-0.05, 0) is 35.4 Å². The molecule has 2 unspecified atom stereocenters. The number of carbonyl (C=O) groups is 4. The maximum absolute atomic E-state index is 13.7. The van der Waals surface area contributed by atoms with E-state index in [9.17, 15) is 19.2 Å². The molecule has 0 aliphatic heterocycles. The normalized spacial score (nSPS) is 12.2. The minimum Gasteiger partial charge on any atom is -0.465 e. The van der Waals surface area contributed by atoms with E-state index in [2.05, 4.69) is 15.6 Å². The van der Waals surface area contributed by atoms with Crippen molar-refractivity contribution in [2.24, 2.45) is 5.92 Å². The lowest BCUT2D eigenvalue weighted by molar-refractivity contribution is -0.121. The van der Waals surface area contributed by atoms with Crippen molar-refractivity contribution >= 4 is 23.7 Å². The number of benzene rings is 3. The summed E-state index contributed by atoms with van der Waals surface area (Å²) >= 11 is 0. The Morgan fingerprint density at radius 3 is 1.89 bits per heavy atom. The number of amides is 3. The van der Waals surface area contributed by atoms with Crippen LogP contribution < -0.4 is 10.6 Å². The van der Waals surface area contributed by atoms with Crippen LogP contribution in [0.5, 0.6) is 0 Å². The number of hydrogen-bond acceptors (Lipinski definition) is 6. The number of nitrogens with zero attached hydrogens (tertiary/aromatic N) is 2. The number of Topliss-reactive ketones (excluding diaryl/α,β-unsaturated/α-hetero) is 1. The summed E-state index contributed by atoms with van der Waals surface area (Å²) in [5.41, 5.74) is 2.61. The first kappa shape index (κ1) is 32.7. The van der Waals surface area contributed by atoms with Crippen LogP contribution in [-0.4, -0.2) is 58.8 Å². The molecule has 3 N–H and O–H groups in total. The van der Waals surface area contributed by atoms with E-state index in [4.69, 9.17) is 9.52 Å². The van der Waals surface area contributed by atoms with Crippen LogP contribution in [0.2, 0.25) is 0 Å². The van der Waals surface area contributed by atoms with E-state index in [1.807, 2.05) is 97.9 Å². The first-order chi connectivity index (χ1) is 21.7. The molecular formula is C35H38N4O6. The molecule has 0 saturated carbocycles. The SMILES string of the molecule is CC(CCNC(=O)O)CC(=O)NCCC(C(=O)c1nc(C(=O)N(C)C(c2ccccc2)c2ccccc2)co1)c1ccccc1. The Morgan fingerprint density at radius 2 is 1.33 bits per heavy atom. The highest BCUT2D eigenvalue weighted by atomic mass is 16.4. The maximum atomic E-state index is 13.7. The topological polar surface area (TPSA) is 142 Å². The molecule has 0 bridgehead atoms. The highest BCUT2D eigenvalue weighted by Gasteiger charge is 2.30. The fourth-order valence-electron chi connectivity index (χ4n) is 5.25. The number of carboxylic acid groups (broad SMARTS) is 1. The van der Waals surface area contributed by atoms with Crippen molar-refractivity contribution in [3.8, 4) is 0 Å². The Bertz CT molecular complexity index is 1520. The molecule has 3 amide bonds. The highest BCUT2D eigenvalue weighted by Crippen LogP contribution is 2.29. The van der Waals surface area contributed by atoms with Crippen LogP contribution in [0.25, 0.3) is 0 Å². The predicted molar refractivity (Wildman–Crippen MR) is 169 cm³/mol. The summed E-state index contributed by atoms with van der Waals surface area (Å²) in [5.74, 6) is -1.84. The summed E-state index contributed by atoms with van der Waals surface area (Å²) in [7, 11) is 1.70. The minimum absolute atomic E-state index is 0.0178. The fraction of sp³-hybridized carbons (Fsp3) is 0.286. The van der Waals surface area contributed by atoms with E-state index in [0.717, 1.165) is 16.7 Å². The van der Waals surface area contributed by atoms with E-state index in [0.29, 0.717) is 12.8 Å². The molecule has 234 valence electrons. The summed E-state index contributed by atoms with van der Waals surface area (Å²) in [6.45, 7) is 2.37. The van der Waals surface area contributed by atoms with Crippen LogP contribution in [0.1, 0.15) is 76.0 Å². The van der Waals surface area contributed by atoms with Crippen molar-refractivity contribution in [2.45, 2.75) is 38.1 Å². The highest BCUT2D eigenvalue weighted by molar-refractivity contribution is 5.99. The largest absolute Gasteiger partial charge is 0.465 e. The third-order valence-electron chi connectivity index (χ3n) is 7.59. The molecule has 45 heavy (non-hydrogen) atoms. The average molecular weight is 611 g/mol. The quantitative estimate of drug-likeness (QED) is 0.147. The molecule has 10 heteroatoms. The van der Waals surface area contributed by atoms with Crippen LogP contribution in [0.15, 0.2) is 102 Å². The van der Waals surface area contributed by atoms with E-state index in [1.54, 1.807) is 11.9 Å². The van der Waals surface area contributed by atoms with Gasteiger partial charge in [0.05, 0.1) is 12.0 Å². The minimum atomic E-state index is -1.10. The van der Waals surface area contributed by atoms with Crippen LogP contribution >= 0.6 is 0 Å². The standard InChI is InChI=1S/C35H38N4O6/c1-24(18-20-37-35(43)44)22-30(40)36-21-19-28(25-12-6-3-7-13-25)32(41)33-38-29(23-45-33)34(42)39(2)31(26-14-8-4-9-15-26)27-16-10-5-11-17-27/h3-17,23-24,28,31,37H,18-22H2,1-2H3,(H,36,40)(H,43,44). The number of carbonyl (C=O) groups excluding carboxylic acids is 3. The van der Waals surface area contributed by atoms with Gasteiger partial charge in [0.15, 0.2) is 5.69 Å². The first-order valence-electron chi connectivity index (χ1n) is 14.9. The van der Waals surface area contributed by atoms with Crippen molar-refractivity contribution in [1.29, 1.82) is 0 Å². The number of aromatic nitrogens is 1. The van der Waals surface area contributed by atoms with E-state index in [1.165, 1.54) is 6.26 Å². The van der Waals surface area contributed by atoms with Gasteiger partial charge in [0.1, 0.15) is 6.26 Å². The van der Waals surface area contributed by atoms with Gasteiger partial charge >= 0.3 is 6.09 Å². The van der Waals surface area contributed by atoms with E-state index < -0.39 is 23.7 Å². The molecular weight excluding hydrogens is 572 g/mol. The summed E-state index contributed by atoms with van der Waals surface area (Å²) in [5, 5.41) is 13.9. The van der Waals surface area contributed by atoms with Gasteiger partial charge in [-0.2, -0.15) is 0 Å². The third-order valence-corrected chi connectivity index (χ3v) is 7.59. The maximum Gasteiger partial charge on any atom is 0.404 e. The molecule has 2 atom stereocenters. The fourth-order valence-corrected chi connectivity index (χ4v) is 5.25. The molecule has 0 aliphatic rings. The first-order valence-corrected chi connectivity index (χ1v) is 14.9. The van der Waals surface area contributed by atoms with Gasteiger partial charge in [-0.1, -0.05) is 97.9 Å². The zero-order valence-corrected chi connectivity index (χ0v) is 25.4. The molecule has 0 saturated heterocycles. The molecule has 4 aromatic rings. The average Bonchev–Trinajstić information content (AvgIpc) is 3.54. The number of ketones is 1. The Labute approximate surface area is 262 Å². The molecule has 1 heterocycles. The predicted octanol–water partition coefficient (Wildman–Crippen LogP) is 5.69. The molecule has 0 aliphatic carbocycles. The van der Waals surface area contributed by atoms with Crippen LogP contribution in [0.4, 0.5) is 4.79 Å². The van der Waals surface area contributed by atoms with Crippen molar-refractivity contribution in [3.63, 3.8) is 0 Å². The van der Waals surface area contributed by atoms with Crippen molar-refractivity contribution in [1.82, 2.24) is 20.5 Å². The van der Waals surface area contributed by atoms with Gasteiger partial charge in [-0.15, -0.1) is 0 Å². The Morgan fingerprint density at radius 1 is 0.800 bits per heavy atom. The summed E-state index contributed by atoms with van der Waals surface area (Å²) < 4.78 is 5.58. The number of nitrogens with one attached hydrogen (secondary N) is 2. The zero-order chi connectivity index (χ0) is 32.2. The molecule has 4 rings (SSSR count). The van der Waals surface area contributed by atoms with Crippen molar-refractivity contribution in [3.05, 3.63) is 126 Å². The number of rotatable bonds is 15. The smallest absolute Gasteiger partial charge is 0.404 e. The molecule has 0 radical (unpaired) electrons. The zero-order valence-electron chi connectivity index (χ0n) is 25.4. The second-order valence-electron chi connectivity index (χ2n) is 11.0. The van der Waals surface area contributed by atoms with Gasteiger partial charge in [-0.3, -0.25) is 14.4 Å². The van der Waals surface area contributed by atoms with Gasteiger partial charge < -0.3 is 25.1 Å². The summed E-state index contributed by atoms with van der Waals surface area (Å²) in [4.78, 5) is 56.4. The summed E-state index contributed by atoms with van der Waals surface area (Å²) in [6, 6.07) is 28.1. The Kier molecular flexibility index (Phi) is 11.6. The van der Waals surface area contributed by atoms with Gasteiger partial charge in [0.2, 0.25) is 11.7 Å². The van der Waals surface area contributed by atoms with Gasteiger partial charge in [0.25, 0.3) is 11.8 Å². The van der Waals surface area contributed by atoms with Crippen LogP contribution in [0, 0.1) is 5.92 Å². The van der Waals surface area contributed by atoms with E-state index >= 15 is 0 Å². The second kappa shape index (κ2) is 16.0. The van der Waals surface area contributed by atoms with Crippen LogP contribution in [-0.2, 0) is 4.79 Å². The Hall–Kier alpha value is -5.25. The summed E-state index contributed by atoms with van der Waals surface area (Å²) in [6.07, 6.45) is 1.17. The van der Waals surface area contributed by atoms with Crippen LogP contribution in [0.3, 0.4) is 0 Å². The van der Waals surface area contributed by atoms with Gasteiger partial charge in [-0.25, -0.2) is 9.78 Å². The lowest BCUT2D eigenvalue weighted by atomic mass is 9.91. The second-order valence-corrected chi connectivity index (χ2v) is 11.0. The molecule has 0 spiro atoms. The van der Waals surface area contributed by atoms with Crippen molar-refractivity contribution < 1.29 is 28.7 Å². The molecule has 0 fully saturated rings. The lowest BCUT2D eigenvalue weighted by Gasteiger charge is -2.28. The number of oxazole rings is 1. The molecule has 3 aromatic carbocycles. The molecule has 1 aromatic heterocycles. The monoisotopic (exact) mass is 610 g/mol. The third kappa shape index (κ3) is 9.12. The van der Waals surface area contributed by atoms with Gasteiger partial charge in [0, 0.05) is 26.6 Å². The lowest BCUT2D eigenvalue weighted by Crippen LogP contribution is -2.32. The Balaban J connectivity index is 1.45. The molecule has 10 nitrogen and oxygen atoms in total. The van der Waals surface area contributed by atoms with E-state index in [-0.39, 0.29) is 49.0 Å². The number of hydrogen-bond donors (Lipinski definition) is 3. The van der Waals surface area contributed by atoms with Crippen molar-refractivity contribution in [2.75, 3.05) is 20.1 Å².